The average Bonchev–Trinajstić information content (AvgIpc) is 2.78. The van der Waals surface area contributed by atoms with Crippen LogP contribution in [0.2, 0.25) is 0 Å². The van der Waals surface area contributed by atoms with Gasteiger partial charge < -0.3 is 19.9 Å². The number of rotatable bonds is 8. The number of ether oxygens (including phenoxy) is 1. The first-order valence-electron chi connectivity index (χ1n) is 10.3. The molecule has 1 saturated heterocycles. The van der Waals surface area contributed by atoms with Crippen LogP contribution >= 0.6 is 0 Å². The highest BCUT2D eigenvalue weighted by Crippen LogP contribution is 2.22. The van der Waals surface area contributed by atoms with Gasteiger partial charge in [-0.3, -0.25) is 4.79 Å². The Morgan fingerprint density at radius 3 is 2.76 bits per heavy atom. The zero-order valence-electron chi connectivity index (χ0n) is 17.7. The number of likely N-dealkylation sites (tertiary alicyclic amines) is 1. The first kappa shape index (κ1) is 21.1. The lowest BCUT2D eigenvalue weighted by molar-refractivity contribution is 0.0740. The molecule has 0 spiro atoms. The number of carbonyl (C=O) groups excluding carboxylic acids is 1. The third-order valence-electron chi connectivity index (χ3n) is 5.74. The van der Waals surface area contributed by atoms with Gasteiger partial charge in [0, 0.05) is 38.9 Å². The summed E-state index contributed by atoms with van der Waals surface area (Å²) in [7, 11) is 5.44. The molecule has 1 aromatic heterocycles. The number of hydrogen-bond acceptors (Lipinski definition) is 5. The van der Waals surface area contributed by atoms with Crippen LogP contribution in [0.25, 0.3) is 0 Å². The number of pyridine rings is 1. The van der Waals surface area contributed by atoms with Gasteiger partial charge in [-0.05, 0) is 62.0 Å². The zero-order valence-corrected chi connectivity index (χ0v) is 17.7. The van der Waals surface area contributed by atoms with E-state index < -0.39 is 0 Å². The normalized spacial score (nSPS) is 15.1. The molecule has 6 heteroatoms. The van der Waals surface area contributed by atoms with E-state index in [4.69, 9.17) is 4.74 Å². The van der Waals surface area contributed by atoms with Crippen molar-refractivity contribution in [1.29, 1.82) is 0 Å². The number of aromatic nitrogens is 1. The Bertz CT molecular complexity index is 803. The molecule has 29 heavy (non-hydrogen) atoms. The van der Waals surface area contributed by atoms with Crippen molar-refractivity contribution in [3.8, 4) is 5.75 Å². The molecule has 1 aliphatic heterocycles. The first-order valence-corrected chi connectivity index (χ1v) is 10.3. The Morgan fingerprint density at radius 1 is 1.28 bits per heavy atom. The van der Waals surface area contributed by atoms with E-state index in [1.54, 1.807) is 25.4 Å². The maximum absolute atomic E-state index is 12.7. The van der Waals surface area contributed by atoms with Crippen LogP contribution in [0.1, 0.15) is 28.8 Å². The minimum absolute atomic E-state index is 0.0579. The van der Waals surface area contributed by atoms with Gasteiger partial charge in [0.1, 0.15) is 11.6 Å². The van der Waals surface area contributed by atoms with Crippen molar-refractivity contribution in [1.82, 2.24) is 14.8 Å². The van der Waals surface area contributed by atoms with Crippen molar-refractivity contribution in [3.05, 3.63) is 53.7 Å². The van der Waals surface area contributed by atoms with Crippen molar-refractivity contribution in [2.45, 2.75) is 19.3 Å². The first-order chi connectivity index (χ1) is 14.1. The van der Waals surface area contributed by atoms with E-state index in [-0.39, 0.29) is 5.91 Å². The minimum Gasteiger partial charge on any atom is -0.496 e. The highest BCUT2D eigenvalue weighted by atomic mass is 16.5. The highest BCUT2D eigenvalue weighted by molar-refractivity contribution is 5.94. The second-order valence-electron chi connectivity index (χ2n) is 7.71. The summed E-state index contributed by atoms with van der Waals surface area (Å²) in [6.45, 7) is 4.02. The van der Waals surface area contributed by atoms with Gasteiger partial charge in [-0.15, -0.1) is 0 Å². The van der Waals surface area contributed by atoms with Crippen molar-refractivity contribution >= 4 is 11.7 Å². The molecule has 1 aromatic carbocycles. The zero-order chi connectivity index (χ0) is 20.6. The molecule has 0 radical (unpaired) electrons. The second-order valence-corrected chi connectivity index (χ2v) is 7.71. The van der Waals surface area contributed by atoms with Crippen molar-refractivity contribution in [3.63, 3.8) is 0 Å². The largest absolute Gasteiger partial charge is 0.496 e. The average molecular weight is 397 g/mol. The second kappa shape index (κ2) is 10.3. The molecule has 6 nitrogen and oxygen atoms in total. The molecule has 1 N–H and O–H groups in total. The molecule has 2 heterocycles. The Balaban J connectivity index is 1.45. The van der Waals surface area contributed by atoms with Gasteiger partial charge in [0.25, 0.3) is 5.91 Å². The summed E-state index contributed by atoms with van der Waals surface area (Å²) >= 11 is 0. The maximum Gasteiger partial charge on any atom is 0.253 e. The number of carbonyl (C=O) groups is 1. The molecule has 1 amide bonds. The van der Waals surface area contributed by atoms with Gasteiger partial charge in [-0.25, -0.2) is 4.98 Å². The number of benzene rings is 1. The molecule has 0 unspecified atom stereocenters. The fraction of sp³-hybridized carbons (Fsp3) is 0.478. The van der Waals surface area contributed by atoms with Crippen LogP contribution < -0.4 is 10.1 Å². The van der Waals surface area contributed by atoms with E-state index in [1.807, 2.05) is 31.1 Å². The van der Waals surface area contributed by atoms with Crippen LogP contribution in [0.4, 0.5) is 5.82 Å². The summed E-state index contributed by atoms with van der Waals surface area (Å²) in [5.41, 5.74) is 1.95. The Kier molecular flexibility index (Phi) is 7.47. The summed E-state index contributed by atoms with van der Waals surface area (Å²) in [6, 6.07) is 11.8. The number of hydrogen-bond donors (Lipinski definition) is 1. The lowest BCUT2D eigenvalue weighted by Gasteiger charge is -2.34. The van der Waals surface area contributed by atoms with E-state index in [0.29, 0.717) is 17.3 Å². The van der Waals surface area contributed by atoms with Gasteiger partial charge in [-0.2, -0.15) is 0 Å². The topological polar surface area (TPSA) is 57.7 Å². The van der Waals surface area contributed by atoms with Crippen LogP contribution in [0, 0.1) is 5.92 Å². The van der Waals surface area contributed by atoms with Gasteiger partial charge in [0.2, 0.25) is 0 Å². The van der Waals surface area contributed by atoms with E-state index >= 15 is 0 Å². The quantitative estimate of drug-likeness (QED) is 0.743. The molecule has 156 valence electrons. The van der Waals surface area contributed by atoms with Crippen LogP contribution in [0.5, 0.6) is 5.75 Å². The van der Waals surface area contributed by atoms with Crippen LogP contribution in [0.3, 0.4) is 0 Å². The number of anilines is 1. The number of methoxy groups -OCH3 is 1. The highest BCUT2D eigenvalue weighted by Gasteiger charge is 2.22. The number of amides is 1. The minimum atomic E-state index is 0.0579. The monoisotopic (exact) mass is 396 g/mol. The van der Waals surface area contributed by atoms with E-state index in [9.17, 15) is 4.79 Å². The summed E-state index contributed by atoms with van der Waals surface area (Å²) in [5.74, 6) is 2.30. The molecular formula is C23H32N4O2. The molecule has 2 aromatic rings. The van der Waals surface area contributed by atoms with Gasteiger partial charge >= 0.3 is 0 Å². The predicted octanol–water partition coefficient (Wildman–Crippen LogP) is 3.16. The fourth-order valence-corrected chi connectivity index (χ4v) is 3.97. The van der Waals surface area contributed by atoms with Crippen molar-refractivity contribution < 1.29 is 9.53 Å². The molecule has 1 fully saturated rings. The summed E-state index contributed by atoms with van der Waals surface area (Å²) in [5, 5.41) is 2.98. The van der Waals surface area contributed by atoms with Gasteiger partial charge in [-0.1, -0.05) is 18.2 Å². The third-order valence-corrected chi connectivity index (χ3v) is 5.74. The SMILES string of the molecule is CNc1cc(C(=O)N(C)CC2CCN(CCc3ccccc3OC)CC2)ccn1. The fourth-order valence-electron chi connectivity index (χ4n) is 3.97. The van der Waals surface area contributed by atoms with Crippen molar-refractivity contribution in [2.24, 2.45) is 5.92 Å². The molecule has 3 rings (SSSR count). The van der Waals surface area contributed by atoms with E-state index in [0.717, 1.165) is 51.2 Å². The smallest absolute Gasteiger partial charge is 0.253 e. The molecule has 1 aliphatic rings. The van der Waals surface area contributed by atoms with Gasteiger partial charge in [0.05, 0.1) is 7.11 Å². The summed E-state index contributed by atoms with van der Waals surface area (Å²) < 4.78 is 5.46. The maximum atomic E-state index is 12.7. The molecule has 0 atom stereocenters. The summed E-state index contributed by atoms with van der Waals surface area (Å²) in [6.07, 6.45) is 4.93. The van der Waals surface area contributed by atoms with Crippen LogP contribution in [-0.2, 0) is 6.42 Å². The van der Waals surface area contributed by atoms with E-state index in [2.05, 4.69) is 27.3 Å². The van der Waals surface area contributed by atoms with Crippen LogP contribution in [0.15, 0.2) is 42.6 Å². The van der Waals surface area contributed by atoms with Crippen molar-refractivity contribution in [2.75, 3.05) is 52.7 Å². The molecule has 0 saturated carbocycles. The lowest BCUT2D eigenvalue weighted by atomic mass is 9.95. The standard InChI is InChI=1S/C23H32N4O2/c1-24-22-16-20(8-12-25-22)23(28)26(2)17-18-9-13-27(14-10-18)15-11-19-6-4-5-7-21(19)29-3/h4-8,12,16,18H,9-11,13-15,17H2,1-3H3,(H,24,25). The van der Waals surface area contributed by atoms with Gasteiger partial charge in [0.15, 0.2) is 0 Å². The Hall–Kier alpha value is -2.60. The third kappa shape index (κ3) is 5.70. The number of nitrogens with one attached hydrogen (secondary N) is 1. The Labute approximate surface area is 173 Å². The number of nitrogens with zero attached hydrogens (tertiary/aromatic N) is 3. The Morgan fingerprint density at radius 2 is 2.03 bits per heavy atom. The lowest BCUT2D eigenvalue weighted by Crippen LogP contribution is -2.40. The molecular weight excluding hydrogens is 364 g/mol. The number of para-hydroxylation sites is 1. The number of piperidine rings is 1. The summed E-state index contributed by atoms with van der Waals surface area (Å²) in [4.78, 5) is 21.3. The molecule has 0 bridgehead atoms. The van der Waals surface area contributed by atoms with E-state index in [1.165, 1.54) is 5.56 Å². The molecule has 0 aliphatic carbocycles. The predicted molar refractivity (Wildman–Crippen MR) is 117 cm³/mol. The van der Waals surface area contributed by atoms with Crippen LogP contribution in [-0.4, -0.2) is 68.1 Å².